The molecule has 2 heterocycles. The maximum absolute atomic E-state index is 12.3. The van der Waals surface area contributed by atoms with E-state index in [9.17, 15) is 14.4 Å². The number of anilines is 2. The maximum atomic E-state index is 12.3. The fourth-order valence-electron chi connectivity index (χ4n) is 3.24. The van der Waals surface area contributed by atoms with Gasteiger partial charge in [-0.1, -0.05) is 0 Å². The lowest BCUT2D eigenvalue weighted by Crippen LogP contribution is -2.31. The zero-order valence-corrected chi connectivity index (χ0v) is 16.9. The van der Waals surface area contributed by atoms with Crippen LogP contribution in [0.2, 0.25) is 0 Å². The summed E-state index contributed by atoms with van der Waals surface area (Å²) in [5.41, 5.74) is 2.20. The maximum Gasteiger partial charge on any atom is 0.344 e. The Labute approximate surface area is 178 Å². The standard InChI is InChI=1S/C22H22N2O7/c1-13(22(27)23-15-3-6-18-19(11-15)29-9-8-28-18)31-21(26)12-30-16-4-5-17-14(10-16)2-7-20(25)24-17/h3-6,10-11,13H,2,7-9,12H2,1H3,(H,23,27)(H,24,25). The Balaban J connectivity index is 1.26. The number of esters is 1. The Hall–Kier alpha value is -3.75. The lowest BCUT2D eigenvalue weighted by molar-refractivity contribution is -0.155. The lowest BCUT2D eigenvalue weighted by Gasteiger charge is -2.19. The minimum Gasteiger partial charge on any atom is -0.486 e. The molecule has 2 amide bonds. The van der Waals surface area contributed by atoms with Crippen molar-refractivity contribution in [3.8, 4) is 17.2 Å². The molecule has 2 aliphatic rings. The van der Waals surface area contributed by atoms with E-state index in [0.29, 0.717) is 49.0 Å². The molecule has 162 valence electrons. The van der Waals surface area contributed by atoms with E-state index < -0.39 is 18.0 Å². The minimum absolute atomic E-state index is 0.0201. The van der Waals surface area contributed by atoms with Gasteiger partial charge in [0.25, 0.3) is 5.91 Å². The molecule has 0 aromatic heterocycles. The van der Waals surface area contributed by atoms with Crippen LogP contribution in [0.4, 0.5) is 11.4 Å². The summed E-state index contributed by atoms with van der Waals surface area (Å²) < 4.78 is 21.6. The topological polar surface area (TPSA) is 112 Å². The van der Waals surface area contributed by atoms with Crippen molar-refractivity contribution in [2.75, 3.05) is 30.5 Å². The quantitative estimate of drug-likeness (QED) is 0.682. The highest BCUT2D eigenvalue weighted by Gasteiger charge is 2.20. The number of amides is 2. The highest BCUT2D eigenvalue weighted by molar-refractivity contribution is 5.95. The van der Waals surface area contributed by atoms with Crippen molar-refractivity contribution in [1.82, 2.24) is 0 Å². The predicted molar refractivity (Wildman–Crippen MR) is 111 cm³/mol. The van der Waals surface area contributed by atoms with Gasteiger partial charge in [-0.3, -0.25) is 9.59 Å². The molecule has 9 heteroatoms. The largest absolute Gasteiger partial charge is 0.486 e. The highest BCUT2D eigenvalue weighted by Crippen LogP contribution is 2.32. The van der Waals surface area contributed by atoms with Crippen LogP contribution in [0.5, 0.6) is 17.2 Å². The van der Waals surface area contributed by atoms with Crippen molar-refractivity contribution in [2.24, 2.45) is 0 Å². The third kappa shape index (κ3) is 5.06. The number of carbonyl (C=O) groups is 3. The Morgan fingerprint density at radius 1 is 1.10 bits per heavy atom. The second-order valence-electron chi connectivity index (χ2n) is 7.14. The van der Waals surface area contributed by atoms with Gasteiger partial charge in [0, 0.05) is 23.9 Å². The number of aryl methyl sites for hydroxylation is 1. The second kappa shape index (κ2) is 8.95. The SMILES string of the molecule is CC(OC(=O)COc1ccc2c(c1)CCC(=O)N2)C(=O)Nc1ccc2c(c1)OCCO2. The Morgan fingerprint density at radius 2 is 1.90 bits per heavy atom. The van der Waals surface area contributed by atoms with Crippen molar-refractivity contribution in [2.45, 2.75) is 25.9 Å². The highest BCUT2D eigenvalue weighted by atomic mass is 16.6. The van der Waals surface area contributed by atoms with Crippen LogP contribution < -0.4 is 24.8 Å². The van der Waals surface area contributed by atoms with Gasteiger partial charge in [-0.05, 0) is 49.2 Å². The molecule has 0 bridgehead atoms. The van der Waals surface area contributed by atoms with Gasteiger partial charge >= 0.3 is 5.97 Å². The first-order valence-electron chi connectivity index (χ1n) is 9.93. The first kappa shape index (κ1) is 20.5. The van der Waals surface area contributed by atoms with Crippen LogP contribution in [0.1, 0.15) is 18.9 Å². The van der Waals surface area contributed by atoms with Crippen LogP contribution in [0.3, 0.4) is 0 Å². The fourth-order valence-corrected chi connectivity index (χ4v) is 3.24. The number of rotatable bonds is 6. The number of ether oxygens (including phenoxy) is 4. The van der Waals surface area contributed by atoms with Crippen LogP contribution in [0.15, 0.2) is 36.4 Å². The summed E-state index contributed by atoms with van der Waals surface area (Å²) in [6.07, 6.45) is 0.0111. The molecule has 2 N–H and O–H groups in total. The minimum atomic E-state index is -1.01. The number of benzene rings is 2. The van der Waals surface area contributed by atoms with Crippen molar-refractivity contribution >= 4 is 29.2 Å². The molecule has 0 saturated carbocycles. The molecular formula is C22H22N2O7. The summed E-state index contributed by atoms with van der Waals surface area (Å²) in [7, 11) is 0. The molecule has 0 radical (unpaired) electrons. The molecule has 1 unspecified atom stereocenters. The van der Waals surface area contributed by atoms with Crippen molar-refractivity contribution < 1.29 is 33.3 Å². The second-order valence-corrected chi connectivity index (χ2v) is 7.14. The van der Waals surface area contributed by atoms with Crippen LogP contribution >= 0.6 is 0 Å². The number of carbonyl (C=O) groups excluding carboxylic acids is 3. The average molecular weight is 426 g/mol. The van der Waals surface area contributed by atoms with Gasteiger partial charge in [0.15, 0.2) is 24.2 Å². The van der Waals surface area contributed by atoms with Crippen molar-refractivity contribution in [3.05, 3.63) is 42.0 Å². The molecule has 0 fully saturated rings. The summed E-state index contributed by atoms with van der Waals surface area (Å²) in [6, 6.07) is 10.2. The van der Waals surface area contributed by atoms with E-state index in [4.69, 9.17) is 18.9 Å². The Morgan fingerprint density at radius 3 is 2.74 bits per heavy atom. The summed E-state index contributed by atoms with van der Waals surface area (Å²) in [5.74, 6) is 0.482. The van der Waals surface area contributed by atoms with Crippen LogP contribution in [0, 0.1) is 0 Å². The van der Waals surface area contributed by atoms with Crippen LogP contribution in [-0.2, 0) is 25.5 Å². The van der Waals surface area contributed by atoms with E-state index in [2.05, 4.69) is 10.6 Å². The Kier molecular flexibility index (Phi) is 5.92. The van der Waals surface area contributed by atoms with Gasteiger partial charge in [0.2, 0.25) is 5.91 Å². The average Bonchev–Trinajstić information content (AvgIpc) is 2.77. The zero-order chi connectivity index (χ0) is 21.8. The van der Waals surface area contributed by atoms with E-state index >= 15 is 0 Å². The van der Waals surface area contributed by atoms with E-state index in [1.165, 1.54) is 6.92 Å². The number of fused-ring (bicyclic) bond motifs is 2. The number of hydrogen-bond acceptors (Lipinski definition) is 7. The molecule has 2 aromatic carbocycles. The summed E-state index contributed by atoms with van der Waals surface area (Å²) in [5, 5.41) is 5.46. The predicted octanol–water partition coefficient (Wildman–Crippen LogP) is 2.29. The molecule has 9 nitrogen and oxygen atoms in total. The molecule has 2 aromatic rings. The summed E-state index contributed by atoms with van der Waals surface area (Å²) >= 11 is 0. The van der Waals surface area contributed by atoms with Gasteiger partial charge < -0.3 is 29.6 Å². The molecule has 0 spiro atoms. The smallest absolute Gasteiger partial charge is 0.344 e. The lowest BCUT2D eigenvalue weighted by atomic mass is 10.0. The van der Waals surface area contributed by atoms with E-state index in [1.807, 2.05) is 0 Å². The van der Waals surface area contributed by atoms with Crippen molar-refractivity contribution in [3.63, 3.8) is 0 Å². The van der Waals surface area contributed by atoms with E-state index in [-0.39, 0.29) is 12.5 Å². The molecular weight excluding hydrogens is 404 g/mol. The van der Waals surface area contributed by atoms with Crippen LogP contribution in [-0.4, -0.2) is 43.7 Å². The third-order valence-electron chi connectivity index (χ3n) is 4.82. The van der Waals surface area contributed by atoms with Gasteiger partial charge in [-0.25, -0.2) is 4.79 Å². The van der Waals surface area contributed by atoms with E-state index in [1.54, 1.807) is 36.4 Å². The third-order valence-corrected chi connectivity index (χ3v) is 4.82. The molecule has 0 saturated heterocycles. The zero-order valence-electron chi connectivity index (χ0n) is 16.9. The fraction of sp³-hybridized carbons (Fsp3) is 0.318. The summed E-state index contributed by atoms with van der Waals surface area (Å²) in [4.78, 5) is 35.8. The number of nitrogens with one attached hydrogen (secondary N) is 2. The van der Waals surface area contributed by atoms with Gasteiger partial charge in [-0.2, -0.15) is 0 Å². The summed E-state index contributed by atoms with van der Waals surface area (Å²) in [6.45, 7) is 2.06. The normalized spacial score (nSPS) is 15.2. The monoisotopic (exact) mass is 426 g/mol. The number of hydrogen-bond donors (Lipinski definition) is 2. The first-order chi connectivity index (χ1) is 15.0. The molecule has 1 atom stereocenters. The van der Waals surface area contributed by atoms with E-state index in [0.717, 1.165) is 11.3 Å². The van der Waals surface area contributed by atoms with Gasteiger partial charge in [0.05, 0.1) is 0 Å². The van der Waals surface area contributed by atoms with Gasteiger partial charge in [0.1, 0.15) is 19.0 Å². The molecule has 2 aliphatic heterocycles. The van der Waals surface area contributed by atoms with Crippen molar-refractivity contribution in [1.29, 1.82) is 0 Å². The molecule has 0 aliphatic carbocycles. The Bertz CT molecular complexity index is 1020. The first-order valence-corrected chi connectivity index (χ1v) is 9.93. The van der Waals surface area contributed by atoms with Gasteiger partial charge in [-0.15, -0.1) is 0 Å². The van der Waals surface area contributed by atoms with Crippen LogP contribution in [0.25, 0.3) is 0 Å². The molecule has 4 rings (SSSR count). The molecule has 31 heavy (non-hydrogen) atoms.